The molecule has 1 aliphatic heterocycles. The van der Waals surface area contributed by atoms with Crippen molar-refractivity contribution < 1.29 is 9.53 Å². The van der Waals surface area contributed by atoms with Crippen LogP contribution in [-0.4, -0.2) is 44.2 Å². The van der Waals surface area contributed by atoms with Gasteiger partial charge in [0.1, 0.15) is 5.75 Å². The van der Waals surface area contributed by atoms with Gasteiger partial charge in [-0.1, -0.05) is 44.5 Å². The zero-order valence-electron chi connectivity index (χ0n) is 18.5. The molecule has 1 saturated heterocycles. The van der Waals surface area contributed by atoms with Gasteiger partial charge in [-0.25, -0.2) is 4.79 Å². The van der Waals surface area contributed by atoms with E-state index in [9.17, 15) is 4.79 Å². The van der Waals surface area contributed by atoms with E-state index >= 15 is 0 Å². The normalized spacial score (nSPS) is 14.9. The van der Waals surface area contributed by atoms with Crippen LogP contribution in [0.1, 0.15) is 39.5 Å². The van der Waals surface area contributed by atoms with E-state index in [1.165, 1.54) is 32.4 Å². The van der Waals surface area contributed by atoms with E-state index in [4.69, 9.17) is 4.74 Å². The Morgan fingerprint density at radius 1 is 0.967 bits per heavy atom. The zero-order valence-corrected chi connectivity index (χ0v) is 18.5. The maximum absolute atomic E-state index is 12.3. The van der Waals surface area contributed by atoms with Crippen LogP contribution < -0.4 is 15.4 Å². The van der Waals surface area contributed by atoms with Crippen molar-refractivity contribution in [3.05, 3.63) is 48.5 Å². The summed E-state index contributed by atoms with van der Waals surface area (Å²) >= 11 is 0. The number of benzene rings is 2. The number of likely N-dealkylation sites (tertiary alicyclic amines) is 1. The van der Waals surface area contributed by atoms with E-state index in [0.717, 1.165) is 35.5 Å². The van der Waals surface area contributed by atoms with Gasteiger partial charge < -0.3 is 20.3 Å². The molecule has 2 N–H and O–H groups in total. The summed E-state index contributed by atoms with van der Waals surface area (Å²) in [6.07, 6.45) is 5.09. The van der Waals surface area contributed by atoms with E-state index in [2.05, 4.69) is 29.4 Å². The summed E-state index contributed by atoms with van der Waals surface area (Å²) in [6, 6.07) is 15.7. The number of urea groups is 1. The lowest BCUT2D eigenvalue weighted by Crippen LogP contribution is -2.39. The molecule has 0 aromatic heterocycles. The van der Waals surface area contributed by atoms with Crippen molar-refractivity contribution in [2.45, 2.75) is 39.5 Å². The fraction of sp³-hybridized carbons (Fsp3) is 0.480. The average molecular weight is 410 g/mol. The second-order valence-electron chi connectivity index (χ2n) is 8.93. The number of anilines is 1. The minimum Gasteiger partial charge on any atom is -0.497 e. The third-order valence-corrected chi connectivity index (χ3v) is 5.85. The lowest BCUT2D eigenvalue weighted by Gasteiger charge is -2.31. The molecule has 0 unspecified atom stereocenters. The van der Waals surface area contributed by atoms with Crippen molar-refractivity contribution >= 4 is 11.7 Å². The Labute approximate surface area is 180 Å². The molecular weight excluding hydrogens is 374 g/mol. The second kappa shape index (κ2) is 10.5. The van der Waals surface area contributed by atoms with Crippen LogP contribution in [0.25, 0.3) is 11.1 Å². The minimum absolute atomic E-state index is 0.0764. The molecule has 5 nitrogen and oxygen atoms in total. The topological polar surface area (TPSA) is 53.6 Å². The van der Waals surface area contributed by atoms with Crippen molar-refractivity contribution in [3.8, 4) is 16.9 Å². The van der Waals surface area contributed by atoms with Crippen molar-refractivity contribution in [2.24, 2.45) is 5.41 Å². The van der Waals surface area contributed by atoms with Gasteiger partial charge in [0.2, 0.25) is 0 Å². The van der Waals surface area contributed by atoms with Gasteiger partial charge in [-0.3, -0.25) is 0 Å². The first kappa shape index (κ1) is 22.2. The van der Waals surface area contributed by atoms with Gasteiger partial charge in [-0.2, -0.15) is 0 Å². The molecule has 0 spiro atoms. The molecule has 3 rings (SSSR count). The third kappa shape index (κ3) is 6.77. The number of carbonyl (C=O) groups is 1. The predicted octanol–water partition coefficient (Wildman–Crippen LogP) is 5.39. The summed E-state index contributed by atoms with van der Waals surface area (Å²) in [5, 5.41) is 5.97. The molecule has 0 atom stereocenters. The summed E-state index contributed by atoms with van der Waals surface area (Å²) < 4.78 is 5.20. The van der Waals surface area contributed by atoms with Crippen LogP contribution in [0, 0.1) is 5.41 Å². The predicted molar refractivity (Wildman–Crippen MR) is 124 cm³/mol. The van der Waals surface area contributed by atoms with Gasteiger partial charge in [0.05, 0.1) is 7.11 Å². The largest absolute Gasteiger partial charge is 0.497 e. The highest BCUT2D eigenvalue weighted by Gasteiger charge is 2.21. The molecule has 2 aromatic rings. The smallest absolute Gasteiger partial charge is 0.319 e. The first-order valence-corrected chi connectivity index (χ1v) is 11.0. The van der Waals surface area contributed by atoms with Crippen LogP contribution in [0.4, 0.5) is 10.5 Å². The zero-order chi connectivity index (χ0) is 21.4. The van der Waals surface area contributed by atoms with E-state index in [1.807, 2.05) is 48.5 Å². The fourth-order valence-corrected chi connectivity index (χ4v) is 3.76. The molecule has 162 valence electrons. The lowest BCUT2D eigenvalue weighted by molar-refractivity contribution is 0.187. The van der Waals surface area contributed by atoms with Gasteiger partial charge >= 0.3 is 6.03 Å². The number of ether oxygens (including phenoxy) is 1. The monoisotopic (exact) mass is 409 g/mol. The molecule has 0 radical (unpaired) electrons. The standard InChI is InChI=1S/C25H35N3O2/c1-25(2,15-18-28-16-5-4-6-17-28)19-26-24(29)27-22-11-7-20(8-12-22)21-9-13-23(30-3)14-10-21/h7-14H,4-6,15-19H2,1-3H3,(H2,26,27,29). The lowest BCUT2D eigenvalue weighted by atomic mass is 9.89. The molecule has 0 aliphatic carbocycles. The van der Waals surface area contributed by atoms with E-state index in [0.29, 0.717) is 6.54 Å². The summed E-state index contributed by atoms with van der Waals surface area (Å²) in [7, 11) is 1.66. The average Bonchev–Trinajstić information content (AvgIpc) is 2.78. The molecule has 1 heterocycles. The SMILES string of the molecule is COc1ccc(-c2ccc(NC(=O)NCC(C)(C)CCN3CCCCC3)cc2)cc1. The highest BCUT2D eigenvalue weighted by atomic mass is 16.5. The first-order valence-electron chi connectivity index (χ1n) is 11.0. The summed E-state index contributed by atoms with van der Waals surface area (Å²) in [5.41, 5.74) is 3.08. The van der Waals surface area contributed by atoms with Crippen LogP contribution in [-0.2, 0) is 0 Å². The quantitative estimate of drug-likeness (QED) is 0.615. The summed E-state index contributed by atoms with van der Waals surface area (Å²) in [6.45, 7) is 8.66. The Bertz CT molecular complexity index is 794. The van der Waals surface area contributed by atoms with Crippen LogP contribution in [0.15, 0.2) is 48.5 Å². The van der Waals surface area contributed by atoms with Crippen molar-refractivity contribution in [1.29, 1.82) is 0 Å². The maximum atomic E-state index is 12.3. The molecule has 0 bridgehead atoms. The number of piperidine rings is 1. The van der Waals surface area contributed by atoms with Crippen molar-refractivity contribution in [1.82, 2.24) is 10.2 Å². The van der Waals surface area contributed by atoms with Crippen LogP contribution >= 0.6 is 0 Å². The number of hydrogen-bond acceptors (Lipinski definition) is 3. The Balaban J connectivity index is 1.44. The molecule has 5 heteroatoms. The molecule has 2 amide bonds. The van der Waals surface area contributed by atoms with Crippen LogP contribution in [0.5, 0.6) is 5.75 Å². The number of methoxy groups -OCH3 is 1. The number of nitrogens with one attached hydrogen (secondary N) is 2. The molecule has 30 heavy (non-hydrogen) atoms. The van der Waals surface area contributed by atoms with Gasteiger partial charge in [0.15, 0.2) is 0 Å². The van der Waals surface area contributed by atoms with Crippen LogP contribution in [0.2, 0.25) is 0 Å². The van der Waals surface area contributed by atoms with Crippen molar-refractivity contribution in [3.63, 3.8) is 0 Å². The number of carbonyl (C=O) groups excluding carboxylic acids is 1. The van der Waals surface area contributed by atoms with Crippen molar-refractivity contribution in [2.75, 3.05) is 38.6 Å². The number of rotatable bonds is 8. The summed E-state index contributed by atoms with van der Waals surface area (Å²) in [5.74, 6) is 0.840. The Kier molecular flexibility index (Phi) is 7.75. The fourth-order valence-electron chi connectivity index (χ4n) is 3.76. The van der Waals surface area contributed by atoms with Gasteiger partial charge in [-0.15, -0.1) is 0 Å². The first-order chi connectivity index (χ1) is 14.4. The highest BCUT2D eigenvalue weighted by Crippen LogP contribution is 2.24. The molecule has 1 aliphatic rings. The number of nitrogens with zero attached hydrogens (tertiary/aromatic N) is 1. The Morgan fingerprint density at radius 2 is 1.57 bits per heavy atom. The van der Waals surface area contributed by atoms with E-state index < -0.39 is 0 Å². The second-order valence-corrected chi connectivity index (χ2v) is 8.93. The summed E-state index contributed by atoms with van der Waals surface area (Å²) in [4.78, 5) is 14.9. The van der Waals surface area contributed by atoms with E-state index in [1.54, 1.807) is 7.11 Å². The number of hydrogen-bond donors (Lipinski definition) is 2. The maximum Gasteiger partial charge on any atom is 0.319 e. The molecular formula is C25H35N3O2. The number of amides is 2. The Hall–Kier alpha value is -2.53. The Morgan fingerprint density at radius 3 is 2.17 bits per heavy atom. The molecule has 1 fully saturated rings. The van der Waals surface area contributed by atoms with Gasteiger partial charge in [0.25, 0.3) is 0 Å². The molecule has 0 saturated carbocycles. The van der Waals surface area contributed by atoms with Gasteiger partial charge in [0, 0.05) is 12.2 Å². The van der Waals surface area contributed by atoms with Crippen LogP contribution in [0.3, 0.4) is 0 Å². The highest BCUT2D eigenvalue weighted by molar-refractivity contribution is 5.89. The van der Waals surface area contributed by atoms with Gasteiger partial charge in [-0.05, 0) is 79.7 Å². The third-order valence-electron chi connectivity index (χ3n) is 5.85. The van der Waals surface area contributed by atoms with E-state index in [-0.39, 0.29) is 11.4 Å². The minimum atomic E-state index is -0.154. The molecule has 2 aromatic carbocycles.